The number of amides is 3. The lowest BCUT2D eigenvalue weighted by Crippen LogP contribution is -2.32. The molecule has 0 saturated heterocycles. The molecule has 23 heavy (non-hydrogen) atoms. The SMILES string of the molecule is Cc1ccccc1NC(=O)CCN1C(=O)c2ccncc2C1=O. The van der Waals surface area contributed by atoms with Gasteiger partial charge in [-0.2, -0.15) is 0 Å². The van der Waals surface area contributed by atoms with E-state index in [-0.39, 0.29) is 30.3 Å². The highest BCUT2D eigenvalue weighted by atomic mass is 16.2. The Morgan fingerprint density at radius 1 is 1.13 bits per heavy atom. The lowest BCUT2D eigenvalue weighted by molar-refractivity contribution is -0.116. The van der Waals surface area contributed by atoms with E-state index in [9.17, 15) is 14.4 Å². The molecule has 1 N–H and O–H groups in total. The van der Waals surface area contributed by atoms with Crippen molar-refractivity contribution >= 4 is 23.4 Å². The van der Waals surface area contributed by atoms with Crippen LogP contribution in [-0.2, 0) is 4.79 Å². The van der Waals surface area contributed by atoms with Crippen LogP contribution in [0.4, 0.5) is 5.69 Å². The summed E-state index contributed by atoms with van der Waals surface area (Å²) in [6.45, 7) is 1.94. The largest absolute Gasteiger partial charge is 0.326 e. The smallest absolute Gasteiger partial charge is 0.263 e. The molecule has 3 amide bonds. The first-order valence-corrected chi connectivity index (χ1v) is 7.23. The van der Waals surface area contributed by atoms with Gasteiger partial charge in [-0.1, -0.05) is 18.2 Å². The van der Waals surface area contributed by atoms with Crippen LogP contribution in [0.15, 0.2) is 42.7 Å². The van der Waals surface area contributed by atoms with Crippen molar-refractivity contribution in [1.82, 2.24) is 9.88 Å². The minimum atomic E-state index is -0.401. The Balaban J connectivity index is 1.63. The number of fused-ring (bicyclic) bond motifs is 1. The molecule has 116 valence electrons. The normalized spacial score (nSPS) is 13.2. The molecule has 0 radical (unpaired) electrons. The molecule has 3 rings (SSSR count). The van der Waals surface area contributed by atoms with Crippen LogP contribution >= 0.6 is 0 Å². The number of aryl methyl sites for hydroxylation is 1. The number of anilines is 1. The average Bonchev–Trinajstić information content (AvgIpc) is 2.80. The van der Waals surface area contributed by atoms with Gasteiger partial charge in [0.25, 0.3) is 11.8 Å². The summed E-state index contributed by atoms with van der Waals surface area (Å²) < 4.78 is 0. The lowest BCUT2D eigenvalue weighted by Gasteiger charge is -2.14. The third kappa shape index (κ3) is 2.83. The Morgan fingerprint density at radius 2 is 1.87 bits per heavy atom. The van der Waals surface area contributed by atoms with Crippen molar-refractivity contribution in [3.05, 3.63) is 59.4 Å². The van der Waals surface area contributed by atoms with Gasteiger partial charge in [-0.25, -0.2) is 0 Å². The lowest BCUT2D eigenvalue weighted by atomic mass is 10.2. The van der Waals surface area contributed by atoms with Crippen molar-refractivity contribution in [1.29, 1.82) is 0 Å². The minimum Gasteiger partial charge on any atom is -0.326 e. The second-order valence-electron chi connectivity index (χ2n) is 5.30. The van der Waals surface area contributed by atoms with Crippen molar-refractivity contribution < 1.29 is 14.4 Å². The van der Waals surface area contributed by atoms with Crippen LogP contribution in [0.3, 0.4) is 0 Å². The number of imide groups is 1. The Hall–Kier alpha value is -3.02. The van der Waals surface area contributed by atoms with E-state index in [4.69, 9.17) is 0 Å². The monoisotopic (exact) mass is 309 g/mol. The second kappa shape index (κ2) is 6.00. The number of carbonyl (C=O) groups excluding carboxylic acids is 3. The van der Waals surface area contributed by atoms with E-state index in [0.29, 0.717) is 5.56 Å². The molecule has 1 aromatic carbocycles. The van der Waals surface area contributed by atoms with Crippen LogP contribution in [-0.4, -0.2) is 34.2 Å². The van der Waals surface area contributed by atoms with Gasteiger partial charge >= 0.3 is 0 Å². The predicted octanol–water partition coefficient (Wildman–Crippen LogP) is 2.01. The van der Waals surface area contributed by atoms with Crippen LogP contribution in [0, 0.1) is 6.92 Å². The average molecular weight is 309 g/mol. The molecule has 0 spiro atoms. The van der Waals surface area contributed by atoms with Crippen molar-refractivity contribution in [3.8, 4) is 0 Å². The summed E-state index contributed by atoms with van der Waals surface area (Å²) in [5, 5.41) is 2.78. The molecule has 0 bridgehead atoms. The van der Waals surface area contributed by atoms with Crippen LogP contribution in [0.1, 0.15) is 32.7 Å². The first kappa shape index (κ1) is 14.9. The van der Waals surface area contributed by atoms with Crippen molar-refractivity contribution in [2.75, 3.05) is 11.9 Å². The third-order valence-corrected chi connectivity index (χ3v) is 3.75. The summed E-state index contributed by atoms with van der Waals surface area (Å²) in [6.07, 6.45) is 2.90. The third-order valence-electron chi connectivity index (χ3n) is 3.75. The molecule has 6 nitrogen and oxygen atoms in total. The van der Waals surface area contributed by atoms with Crippen molar-refractivity contribution in [3.63, 3.8) is 0 Å². The highest BCUT2D eigenvalue weighted by Crippen LogP contribution is 2.21. The van der Waals surface area contributed by atoms with E-state index in [0.717, 1.165) is 16.2 Å². The zero-order chi connectivity index (χ0) is 16.4. The second-order valence-corrected chi connectivity index (χ2v) is 5.30. The highest BCUT2D eigenvalue weighted by molar-refractivity contribution is 6.21. The summed E-state index contributed by atoms with van der Waals surface area (Å²) in [7, 11) is 0. The van der Waals surface area contributed by atoms with E-state index in [1.165, 1.54) is 18.5 Å². The van der Waals surface area contributed by atoms with E-state index < -0.39 is 5.91 Å². The van der Waals surface area contributed by atoms with E-state index in [1.807, 2.05) is 25.1 Å². The molecular formula is C17H15N3O3. The number of hydrogen-bond acceptors (Lipinski definition) is 4. The number of nitrogens with one attached hydrogen (secondary N) is 1. The van der Waals surface area contributed by atoms with Gasteiger partial charge in [-0.15, -0.1) is 0 Å². The van der Waals surface area contributed by atoms with Gasteiger partial charge in [0.05, 0.1) is 11.1 Å². The summed E-state index contributed by atoms with van der Waals surface area (Å²) in [5.41, 5.74) is 2.30. The summed E-state index contributed by atoms with van der Waals surface area (Å²) in [4.78, 5) is 41.3. The first-order chi connectivity index (χ1) is 11.1. The van der Waals surface area contributed by atoms with Gasteiger partial charge in [0.15, 0.2) is 0 Å². The maximum absolute atomic E-state index is 12.2. The maximum atomic E-state index is 12.2. The highest BCUT2D eigenvalue weighted by Gasteiger charge is 2.35. The fourth-order valence-electron chi connectivity index (χ4n) is 2.48. The molecule has 0 atom stereocenters. The Kier molecular flexibility index (Phi) is 3.89. The van der Waals surface area contributed by atoms with E-state index in [2.05, 4.69) is 10.3 Å². The molecule has 0 unspecified atom stereocenters. The van der Waals surface area contributed by atoms with Crippen molar-refractivity contribution in [2.24, 2.45) is 0 Å². The van der Waals surface area contributed by atoms with Gasteiger partial charge in [-0.05, 0) is 24.6 Å². The molecule has 6 heteroatoms. The van der Waals surface area contributed by atoms with Gasteiger partial charge in [0.1, 0.15) is 0 Å². The number of rotatable bonds is 4. The van der Waals surface area contributed by atoms with Gasteiger partial charge in [0.2, 0.25) is 5.91 Å². The number of carbonyl (C=O) groups is 3. The number of nitrogens with zero attached hydrogens (tertiary/aromatic N) is 2. The van der Waals surface area contributed by atoms with Gasteiger partial charge in [-0.3, -0.25) is 24.3 Å². The molecule has 1 aliphatic rings. The Labute approximate surface area is 133 Å². The molecule has 0 saturated carbocycles. The fourth-order valence-corrected chi connectivity index (χ4v) is 2.48. The molecule has 0 aliphatic carbocycles. The molecule has 1 aliphatic heterocycles. The fraction of sp³-hybridized carbons (Fsp3) is 0.176. The first-order valence-electron chi connectivity index (χ1n) is 7.23. The molecule has 2 aromatic rings. The molecule has 0 fully saturated rings. The minimum absolute atomic E-state index is 0.0457. The van der Waals surface area contributed by atoms with E-state index in [1.54, 1.807) is 6.07 Å². The van der Waals surface area contributed by atoms with E-state index >= 15 is 0 Å². The Bertz CT molecular complexity index is 766. The zero-order valence-corrected chi connectivity index (χ0v) is 12.6. The molecule has 1 aromatic heterocycles. The van der Waals surface area contributed by atoms with Crippen LogP contribution in [0.5, 0.6) is 0 Å². The number of pyridine rings is 1. The molecular weight excluding hydrogens is 294 g/mol. The quantitative estimate of drug-likeness (QED) is 0.876. The van der Waals surface area contributed by atoms with Crippen molar-refractivity contribution in [2.45, 2.75) is 13.3 Å². The van der Waals surface area contributed by atoms with Crippen LogP contribution in [0.25, 0.3) is 0 Å². The summed E-state index contributed by atoms with van der Waals surface area (Å²) >= 11 is 0. The molecule has 2 heterocycles. The predicted molar refractivity (Wildman–Crippen MR) is 84.0 cm³/mol. The Morgan fingerprint density at radius 3 is 2.61 bits per heavy atom. The number of para-hydroxylation sites is 1. The van der Waals surface area contributed by atoms with Gasteiger partial charge in [0, 0.05) is 31.0 Å². The van der Waals surface area contributed by atoms with Gasteiger partial charge < -0.3 is 5.32 Å². The number of benzene rings is 1. The topological polar surface area (TPSA) is 79.4 Å². The number of hydrogen-bond donors (Lipinski definition) is 1. The number of aromatic nitrogens is 1. The standard InChI is InChI=1S/C17H15N3O3/c1-11-4-2-3-5-14(11)19-15(21)7-9-20-16(22)12-6-8-18-10-13(12)17(20)23/h2-6,8,10H,7,9H2,1H3,(H,19,21). The van der Waals surface area contributed by atoms with Crippen LogP contribution < -0.4 is 5.32 Å². The zero-order valence-electron chi connectivity index (χ0n) is 12.6. The summed E-state index contributed by atoms with van der Waals surface area (Å²) in [6, 6.07) is 8.94. The van der Waals surface area contributed by atoms with Crippen LogP contribution in [0.2, 0.25) is 0 Å². The maximum Gasteiger partial charge on any atom is 0.263 e. The summed E-state index contributed by atoms with van der Waals surface area (Å²) in [5.74, 6) is -1.02.